The van der Waals surface area contributed by atoms with E-state index in [9.17, 15) is 9.90 Å². The molecular formula is C23H26Cl2N2O3. The summed E-state index contributed by atoms with van der Waals surface area (Å²) in [6.45, 7) is 2.13. The molecule has 7 heteroatoms. The number of amides is 1. The van der Waals surface area contributed by atoms with Crippen molar-refractivity contribution in [3.8, 4) is 5.75 Å². The maximum Gasteiger partial charge on any atom is 0.251 e. The number of methoxy groups -OCH3 is 1. The number of carbonyl (C=O) groups excluding carboxylic acids is 1. The molecule has 0 fully saturated rings. The molecule has 1 amide bonds. The molecule has 1 heterocycles. The largest absolute Gasteiger partial charge is 0.510 e. The third-order valence-corrected chi connectivity index (χ3v) is 5.88. The van der Waals surface area contributed by atoms with Gasteiger partial charge >= 0.3 is 0 Å². The van der Waals surface area contributed by atoms with E-state index in [-0.39, 0.29) is 11.7 Å². The fourth-order valence-corrected chi connectivity index (χ4v) is 3.77. The number of aliphatic hydroxyl groups is 1. The first kappa shape index (κ1) is 22.5. The Hall–Kier alpha value is -2.21. The average Bonchev–Trinajstić information content (AvgIpc) is 3.13. The van der Waals surface area contributed by atoms with Gasteiger partial charge in [-0.15, -0.1) is 0 Å². The summed E-state index contributed by atoms with van der Waals surface area (Å²) in [6.07, 6.45) is 2.38. The number of aryl methyl sites for hydroxylation is 1. The summed E-state index contributed by atoms with van der Waals surface area (Å²) in [7, 11) is 1.65. The van der Waals surface area contributed by atoms with Gasteiger partial charge in [0.1, 0.15) is 11.5 Å². The topological polar surface area (TPSA) is 61.8 Å². The van der Waals surface area contributed by atoms with Gasteiger partial charge in [0.25, 0.3) is 5.91 Å². The highest BCUT2D eigenvalue weighted by atomic mass is 35.5. The second kappa shape index (κ2) is 10.7. The molecule has 0 atom stereocenters. The van der Waals surface area contributed by atoms with Gasteiger partial charge in [0.05, 0.1) is 29.3 Å². The van der Waals surface area contributed by atoms with Gasteiger partial charge in [-0.05, 0) is 54.7 Å². The highest BCUT2D eigenvalue weighted by Gasteiger charge is 2.26. The minimum absolute atomic E-state index is 0.155. The lowest BCUT2D eigenvalue weighted by molar-refractivity contribution is -0.117. The van der Waals surface area contributed by atoms with E-state index in [1.807, 2.05) is 36.4 Å². The van der Waals surface area contributed by atoms with Crippen LogP contribution in [0.3, 0.4) is 0 Å². The molecule has 5 nitrogen and oxygen atoms in total. The number of ether oxygens (including phenoxy) is 1. The van der Waals surface area contributed by atoms with Crippen molar-refractivity contribution in [1.82, 2.24) is 10.2 Å². The predicted octanol–water partition coefficient (Wildman–Crippen LogP) is 4.42. The number of benzene rings is 2. The lowest BCUT2D eigenvalue weighted by Crippen LogP contribution is -2.30. The number of hydrogen-bond donors (Lipinski definition) is 2. The predicted molar refractivity (Wildman–Crippen MR) is 121 cm³/mol. The molecule has 160 valence electrons. The van der Waals surface area contributed by atoms with Crippen LogP contribution in [0.2, 0.25) is 10.0 Å². The number of nitrogens with one attached hydrogen (secondary N) is 1. The van der Waals surface area contributed by atoms with E-state index in [0.29, 0.717) is 35.3 Å². The number of nitrogens with zero attached hydrogens (tertiary/aromatic N) is 1. The van der Waals surface area contributed by atoms with Crippen molar-refractivity contribution in [3.63, 3.8) is 0 Å². The van der Waals surface area contributed by atoms with Crippen LogP contribution in [0, 0.1) is 0 Å². The highest BCUT2D eigenvalue weighted by molar-refractivity contribution is 6.42. The second-order valence-electron chi connectivity index (χ2n) is 7.35. The SMILES string of the molecule is COc1cccc(CCN2CC(O)=C(C(=O)NCCCc3ccc(Cl)c(Cl)c3)C2)c1. The van der Waals surface area contributed by atoms with Gasteiger partial charge in [-0.2, -0.15) is 0 Å². The summed E-state index contributed by atoms with van der Waals surface area (Å²) in [5.74, 6) is 0.781. The van der Waals surface area contributed by atoms with Crippen LogP contribution in [0.5, 0.6) is 5.75 Å². The molecule has 0 bridgehead atoms. The van der Waals surface area contributed by atoms with Crippen LogP contribution in [-0.2, 0) is 17.6 Å². The minimum atomic E-state index is -0.203. The maximum atomic E-state index is 12.5. The first-order chi connectivity index (χ1) is 14.5. The summed E-state index contributed by atoms with van der Waals surface area (Å²) in [4.78, 5) is 14.5. The van der Waals surface area contributed by atoms with Crippen LogP contribution in [0.25, 0.3) is 0 Å². The van der Waals surface area contributed by atoms with Crippen molar-refractivity contribution >= 4 is 29.1 Å². The van der Waals surface area contributed by atoms with E-state index in [0.717, 1.165) is 42.7 Å². The van der Waals surface area contributed by atoms with E-state index in [1.54, 1.807) is 13.2 Å². The van der Waals surface area contributed by atoms with Gasteiger partial charge in [-0.1, -0.05) is 41.4 Å². The summed E-state index contributed by atoms with van der Waals surface area (Å²) >= 11 is 12.0. The number of rotatable bonds is 9. The van der Waals surface area contributed by atoms with Gasteiger partial charge in [-0.25, -0.2) is 0 Å². The molecule has 0 aromatic heterocycles. The molecule has 30 heavy (non-hydrogen) atoms. The Labute approximate surface area is 187 Å². The molecule has 3 rings (SSSR count). The van der Waals surface area contributed by atoms with E-state index < -0.39 is 0 Å². The van der Waals surface area contributed by atoms with Crippen molar-refractivity contribution in [2.75, 3.05) is 33.3 Å². The van der Waals surface area contributed by atoms with Crippen molar-refractivity contribution in [2.24, 2.45) is 0 Å². The normalized spacial score (nSPS) is 14.2. The van der Waals surface area contributed by atoms with Gasteiger partial charge in [0.2, 0.25) is 0 Å². The first-order valence-electron chi connectivity index (χ1n) is 9.94. The first-order valence-corrected chi connectivity index (χ1v) is 10.7. The number of halogens is 2. The van der Waals surface area contributed by atoms with Crippen LogP contribution in [0.15, 0.2) is 53.8 Å². The van der Waals surface area contributed by atoms with Crippen molar-refractivity contribution in [3.05, 3.63) is 75.0 Å². The summed E-state index contributed by atoms with van der Waals surface area (Å²) in [6, 6.07) is 13.5. The Morgan fingerprint density at radius 2 is 1.90 bits per heavy atom. The molecule has 2 aromatic rings. The third kappa shape index (κ3) is 6.14. The Morgan fingerprint density at radius 1 is 1.10 bits per heavy atom. The lowest BCUT2D eigenvalue weighted by Gasteiger charge is -2.15. The van der Waals surface area contributed by atoms with Gasteiger partial charge < -0.3 is 15.2 Å². The molecule has 1 aliphatic rings. The molecule has 2 N–H and O–H groups in total. The lowest BCUT2D eigenvalue weighted by atomic mass is 10.1. The Bertz CT molecular complexity index is 930. The highest BCUT2D eigenvalue weighted by Crippen LogP contribution is 2.23. The fourth-order valence-electron chi connectivity index (χ4n) is 3.45. The maximum absolute atomic E-state index is 12.5. The fraction of sp³-hybridized carbons (Fsp3) is 0.348. The summed E-state index contributed by atoms with van der Waals surface area (Å²) in [5, 5.41) is 14.2. The number of hydrogen-bond acceptors (Lipinski definition) is 4. The monoisotopic (exact) mass is 448 g/mol. The Morgan fingerprint density at radius 3 is 2.67 bits per heavy atom. The Kier molecular flexibility index (Phi) is 8.02. The minimum Gasteiger partial charge on any atom is -0.510 e. The zero-order valence-corrected chi connectivity index (χ0v) is 18.5. The summed E-state index contributed by atoms with van der Waals surface area (Å²) in [5.41, 5.74) is 2.69. The standard InChI is InChI=1S/C23H26Cl2N2O3/c1-30-18-6-2-4-17(12-18)9-11-27-14-19(22(28)15-27)23(29)26-10-3-5-16-7-8-20(24)21(25)13-16/h2,4,6-8,12-13,28H,3,5,9-11,14-15H2,1H3,(H,26,29). The van der Waals surface area contributed by atoms with Crippen LogP contribution < -0.4 is 10.1 Å². The van der Waals surface area contributed by atoms with Crippen LogP contribution in [-0.4, -0.2) is 49.2 Å². The second-order valence-corrected chi connectivity index (χ2v) is 8.16. The van der Waals surface area contributed by atoms with E-state index in [1.165, 1.54) is 0 Å². The van der Waals surface area contributed by atoms with Crippen LogP contribution in [0.4, 0.5) is 0 Å². The number of aliphatic hydroxyl groups excluding tert-OH is 1. The molecule has 2 aromatic carbocycles. The smallest absolute Gasteiger partial charge is 0.251 e. The van der Waals surface area contributed by atoms with Crippen molar-refractivity contribution < 1.29 is 14.6 Å². The Balaban J connectivity index is 1.41. The molecule has 0 aliphatic carbocycles. The molecule has 0 radical (unpaired) electrons. The van der Waals surface area contributed by atoms with Crippen LogP contribution in [0.1, 0.15) is 17.5 Å². The van der Waals surface area contributed by atoms with Crippen molar-refractivity contribution in [2.45, 2.75) is 19.3 Å². The van der Waals surface area contributed by atoms with Gasteiger partial charge in [-0.3, -0.25) is 9.69 Å². The molecule has 0 unspecified atom stereocenters. The molecule has 0 saturated carbocycles. The third-order valence-electron chi connectivity index (χ3n) is 5.14. The van der Waals surface area contributed by atoms with E-state index in [4.69, 9.17) is 27.9 Å². The van der Waals surface area contributed by atoms with Gasteiger partial charge in [0, 0.05) is 19.6 Å². The molecule has 1 aliphatic heterocycles. The van der Waals surface area contributed by atoms with Crippen LogP contribution >= 0.6 is 23.2 Å². The molecular weight excluding hydrogens is 423 g/mol. The van der Waals surface area contributed by atoms with Crippen molar-refractivity contribution in [1.29, 1.82) is 0 Å². The zero-order chi connectivity index (χ0) is 21.5. The zero-order valence-electron chi connectivity index (χ0n) is 17.0. The molecule has 0 spiro atoms. The van der Waals surface area contributed by atoms with Gasteiger partial charge in [0.15, 0.2) is 0 Å². The average molecular weight is 449 g/mol. The van der Waals surface area contributed by atoms with E-state index in [2.05, 4.69) is 10.2 Å². The summed E-state index contributed by atoms with van der Waals surface area (Å²) < 4.78 is 5.25. The number of carbonyl (C=O) groups is 1. The van der Waals surface area contributed by atoms with E-state index >= 15 is 0 Å². The quantitative estimate of drug-likeness (QED) is 0.557. The molecule has 0 saturated heterocycles.